The van der Waals surface area contributed by atoms with Crippen LogP contribution in [0.1, 0.15) is 58.6 Å². The number of pyridine rings is 1. The molecule has 2 N–H and O–H groups in total. The molecule has 1 saturated heterocycles. The molecule has 3 atom stereocenters. The van der Waals surface area contributed by atoms with Crippen LogP contribution in [0.4, 0.5) is 22.1 Å². The highest BCUT2D eigenvalue weighted by Gasteiger charge is 2.62. The summed E-state index contributed by atoms with van der Waals surface area (Å²) in [5, 5.41) is 11.0. The minimum atomic E-state index is -0.486. The summed E-state index contributed by atoms with van der Waals surface area (Å²) in [6.45, 7) is 8.43. The van der Waals surface area contributed by atoms with Gasteiger partial charge in [0.05, 0.1) is 17.6 Å². The third kappa shape index (κ3) is 4.05. The van der Waals surface area contributed by atoms with E-state index in [4.69, 9.17) is 14.7 Å². The number of piperidine rings is 1. The highest BCUT2D eigenvalue weighted by molar-refractivity contribution is 5.87. The number of amides is 1. The van der Waals surface area contributed by atoms with Crippen LogP contribution in [0.15, 0.2) is 24.5 Å². The van der Waals surface area contributed by atoms with E-state index in [9.17, 15) is 4.79 Å². The number of H-pyrrole nitrogens is 1. The molecule has 2 unspecified atom stereocenters. The van der Waals surface area contributed by atoms with E-state index in [1.807, 2.05) is 39.2 Å². The van der Waals surface area contributed by atoms with Crippen molar-refractivity contribution in [3.05, 3.63) is 30.2 Å². The Morgan fingerprint density at radius 1 is 1.21 bits per heavy atom. The molecule has 2 aliphatic carbocycles. The Bertz CT molecular complexity index is 1370. The van der Waals surface area contributed by atoms with Crippen LogP contribution >= 0.6 is 0 Å². The highest BCUT2D eigenvalue weighted by Crippen LogP contribution is 2.63. The molecule has 0 bridgehead atoms. The zero-order valence-corrected chi connectivity index (χ0v) is 22.4. The average molecular weight is 517 g/mol. The molecule has 0 aromatic carbocycles. The number of carbonyl (C=O) groups is 1. The quantitative estimate of drug-likeness (QED) is 0.528. The Labute approximate surface area is 222 Å². The number of alkyl carbamates (subject to hydrolysis) is 1. The molecular formula is C28H36N8O2. The summed E-state index contributed by atoms with van der Waals surface area (Å²) in [5.74, 6) is 3.04. The van der Waals surface area contributed by atoms with E-state index in [0.717, 1.165) is 79.8 Å². The lowest BCUT2D eigenvalue weighted by molar-refractivity contribution is 0.0417. The maximum absolute atomic E-state index is 12.6. The third-order valence-corrected chi connectivity index (χ3v) is 8.94. The van der Waals surface area contributed by atoms with Crippen LogP contribution in [-0.4, -0.2) is 62.5 Å². The number of carbonyl (C=O) groups excluding carboxylic acids is 1. The number of aryl methyl sites for hydroxylation is 1. The van der Waals surface area contributed by atoms with Crippen molar-refractivity contribution in [1.29, 1.82) is 0 Å². The van der Waals surface area contributed by atoms with Gasteiger partial charge in [0.2, 0.25) is 0 Å². The summed E-state index contributed by atoms with van der Waals surface area (Å²) < 4.78 is 5.60. The number of anilines is 3. The van der Waals surface area contributed by atoms with Gasteiger partial charge in [-0.3, -0.25) is 10.1 Å². The van der Waals surface area contributed by atoms with Crippen molar-refractivity contribution in [2.75, 3.05) is 29.4 Å². The van der Waals surface area contributed by atoms with Crippen molar-refractivity contribution < 1.29 is 9.53 Å². The smallest absolute Gasteiger partial charge is 0.407 e. The minimum Gasteiger partial charge on any atom is -0.444 e. The summed E-state index contributed by atoms with van der Waals surface area (Å²) in [7, 11) is 0. The molecule has 2 aliphatic heterocycles. The van der Waals surface area contributed by atoms with Crippen molar-refractivity contribution in [3.8, 4) is 0 Å². The second-order valence-corrected chi connectivity index (χ2v) is 12.5. The van der Waals surface area contributed by atoms with Crippen LogP contribution in [0, 0.1) is 17.3 Å². The maximum Gasteiger partial charge on any atom is 0.407 e. The number of hydrogen-bond acceptors (Lipinski definition) is 8. The molecule has 2 saturated carbocycles. The van der Waals surface area contributed by atoms with Gasteiger partial charge < -0.3 is 19.9 Å². The molecule has 3 aromatic heterocycles. The molecule has 0 radical (unpaired) electrons. The molecule has 38 heavy (non-hydrogen) atoms. The Hall–Kier alpha value is -3.43. The lowest BCUT2D eigenvalue weighted by atomic mass is 9.71. The van der Waals surface area contributed by atoms with E-state index in [-0.39, 0.29) is 17.6 Å². The zero-order valence-electron chi connectivity index (χ0n) is 22.4. The van der Waals surface area contributed by atoms with Crippen molar-refractivity contribution in [1.82, 2.24) is 30.5 Å². The molecule has 3 aromatic rings. The fourth-order valence-corrected chi connectivity index (χ4v) is 7.14. The van der Waals surface area contributed by atoms with E-state index in [0.29, 0.717) is 11.6 Å². The largest absolute Gasteiger partial charge is 0.444 e. The van der Waals surface area contributed by atoms with Gasteiger partial charge in [0.15, 0.2) is 17.0 Å². The number of aromatic nitrogens is 5. The van der Waals surface area contributed by atoms with Crippen molar-refractivity contribution >= 4 is 34.6 Å². The molecule has 200 valence electrons. The van der Waals surface area contributed by atoms with Crippen LogP contribution in [0.3, 0.4) is 0 Å². The summed E-state index contributed by atoms with van der Waals surface area (Å²) in [6.07, 6.45) is 9.97. The molecule has 7 rings (SSSR count). The van der Waals surface area contributed by atoms with E-state index in [1.54, 1.807) is 0 Å². The van der Waals surface area contributed by atoms with Crippen molar-refractivity contribution in [2.24, 2.45) is 17.3 Å². The topological polar surface area (TPSA) is 112 Å². The van der Waals surface area contributed by atoms with Gasteiger partial charge in [0, 0.05) is 31.9 Å². The van der Waals surface area contributed by atoms with E-state index in [1.165, 1.54) is 12.8 Å². The van der Waals surface area contributed by atoms with Crippen molar-refractivity contribution in [2.45, 2.75) is 70.9 Å². The molecule has 5 heterocycles. The van der Waals surface area contributed by atoms with Crippen molar-refractivity contribution in [3.63, 3.8) is 0 Å². The van der Waals surface area contributed by atoms with Crippen LogP contribution < -0.4 is 15.1 Å². The second-order valence-electron chi connectivity index (χ2n) is 12.5. The Balaban J connectivity index is 1.07. The lowest BCUT2D eigenvalue weighted by Crippen LogP contribution is -2.53. The van der Waals surface area contributed by atoms with Gasteiger partial charge in [-0.25, -0.2) is 14.8 Å². The molecule has 1 amide bonds. The van der Waals surface area contributed by atoms with Gasteiger partial charge in [0.25, 0.3) is 0 Å². The molecule has 1 spiro atoms. The first-order valence-corrected chi connectivity index (χ1v) is 14.0. The summed E-state index contributed by atoms with van der Waals surface area (Å²) in [4.78, 5) is 31.5. The number of aromatic amines is 1. The number of nitrogens with zero attached hydrogens (tertiary/aromatic N) is 6. The van der Waals surface area contributed by atoms with Crippen LogP contribution in [0.5, 0.6) is 0 Å². The number of fused-ring (bicyclic) bond motifs is 3. The first-order valence-electron chi connectivity index (χ1n) is 14.0. The molecular weight excluding hydrogens is 480 g/mol. The summed E-state index contributed by atoms with van der Waals surface area (Å²) >= 11 is 0. The Morgan fingerprint density at radius 3 is 2.87 bits per heavy atom. The first kappa shape index (κ1) is 23.7. The maximum atomic E-state index is 12.6. The SMILES string of the molecule is CC(C)(C)OC(=O)N[C@@H]1C2CC2CC12CCN(c1cnc3c(N4CCCc5ncccc54)n[nH]c3n1)CC2. The van der Waals surface area contributed by atoms with Gasteiger partial charge in [0.1, 0.15) is 11.4 Å². The van der Waals surface area contributed by atoms with Crippen LogP contribution in [0.2, 0.25) is 0 Å². The lowest BCUT2D eigenvalue weighted by Gasteiger charge is -2.45. The Kier molecular flexibility index (Phi) is 5.32. The van der Waals surface area contributed by atoms with Crippen LogP contribution in [-0.2, 0) is 11.2 Å². The number of ether oxygens (including phenoxy) is 1. The minimum absolute atomic E-state index is 0.148. The summed E-state index contributed by atoms with van der Waals surface area (Å²) in [6, 6.07) is 4.28. The Morgan fingerprint density at radius 2 is 2.05 bits per heavy atom. The van der Waals surface area contributed by atoms with E-state index in [2.05, 4.69) is 36.4 Å². The first-order chi connectivity index (χ1) is 18.3. The zero-order chi connectivity index (χ0) is 26.1. The molecule has 3 fully saturated rings. The van der Waals surface area contributed by atoms with E-state index < -0.39 is 5.60 Å². The predicted molar refractivity (Wildman–Crippen MR) is 144 cm³/mol. The van der Waals surface area contributed by atoms with Crippen LogP contribution in [0.25, 0.3) is 11.2 Å². The van der Waals surface area contributed by atoms with Gasteiger partial charge in [-0.2, -0.15) is 5.10 Å². The number of nitrogens with one attached hydrogen (secondary N) is 2. The monoisotopic (exact) mass is 516 g/mol. The highest BCUT2D eigenvalue weighted by atomic mass is 16.6. The predicted octanol–water partition coefficient (Wildman–Crippen LogP) is 4.35. The second kappa shape index (κ2) is 8.54. The van der Waals surface area contributed by atoms with Gasteiger partial charge >= 0.3 is 6.09 Å². The fourth-order valence-electron chi connectivity index (χ4n) is 7.14. The number of hydrogen-bond donors (Lipinski definition) is 2. The van der Waals surface area contributed by atoms with Gasteiger partial charge in [-0.15, -0.1) is 0 Å². The molecule has 4 aliphatic rings. The average Bonchev–Trinajstić information content (AvgIpc) is 3.41. The normalized spacial score (nSPS) is 25.8. The standard InChI is InChI=1S/C28H36N8O2/c1-27(2,3)38-26(37)32-23-18-14-17(18)15-28(23)8-12-35(13-9-28)21-16-30-22-24(31-21)33-34-25(22)36-11-5-6-19-20(36)7-4-10-29-19/h4,7,10,16-18,23H,5-6,8-9,11-15H2,1-3H3,(H,32,37)(H,31,33,34)/t17?,18?,23-/m1/s1. The third-order valence-electron chi connectivity index (χ3n) is 8.94. The fraction of sp³-hybridized carbons (Fsp3) is 0.607. The van der Waals surface area contributed by atoms with E-state index >= 15 is 0 Å². The number of rotatable bonds is 3. The summed E-state index contributed by atoms with van der Waals surface area (Å²) in [5.41, 5.74) is 3.36. The molecule has 10 nitrogen and oxygen atoms in total. The van der Waals surface area contributed by atoms with Gasteiger partial charge in [-0.1, -0.05) is 0 Å². The molecule has 10 heteroatoms. The van der Waals surface area contributed by atoms with Gasteiger partial charge in [-0.05, 0) is 88.7 Å².